The van der Waals surface area contributed by atoms with Crippen LogP contribution in [0.25, 0.3) is 0 Å². The molecule has 4 nitrogen and oxygen atoms in total. The number of hydrogen-bond donors (Lipinski definition) is 2. The molecule has 0 saturated heterocycles. The molecule has 0 bridgehead atoms. The molecular weight excluding hydrogens is 256 g/mol. The van der Waals surface area contributed by atoms with Crippen molar-refractivity contribution in [2.45, 2.75) is 12.5 Å². The first kappa shape index (κ1) is 13.7. The van der Waals surface area contributed by atoms with E-state index in [4.69, 9.17) is 22.4 Å². The lowest BCUT2D eigenvalue weighted by Crippen LogP contribution is -2.32. The lowest BCUT2D eigenvalue weighted by atomic mass is 10.1. The molecule has 0 aliphatic heterocycles. The molecule has 1 unspecified atom stereocenters. The van der Waals surface area contributed by atoms with Crippen LogP contribution in [-0.2, 0) is 11.2 Å². The highest BCUT2D eigenvalue weighted by molar-refractivity contribution is 6.32. The molecule has 0 heterocycles. The Morgan fingerprint density at radius 3 is 2.65 bits per heavy atom. The van der Waals surface area contributed by atoms with Crippen LogP contribution >= 0.6 is 11.6 Å². The van der Waals surface area contributed by atoms with Crippen LogP contribution in [0, 0.1) is 11.6 Å². The number of carboxylic acids is 1. The third-order valence-corrected chi connectivity index (χ3v) is 2.43. The molecule has 1 aromatic rings. The molecule has 0 fully saturated rings. The number of aliphatic carboxylic acids is 1. The maximum absolute atomic E-state index is 13.5. The van der Waals surface area contributed by atoms with Gasteiger partial charge in [0.25, 0.3) is 0 Å². The predicted octanol–water partition coefficient (Wildman–Crippen LogP) is 1.58. The van der Waals surface area contributed by atoms with E-state index in [2.05, 4.69) is 4.74 Å². The van der Waals surface area contributed by atoms with Crippen molar-refractivity contribution in [2.75, 3.05) is 7.11 Å². The smallest absolute Gasteiger partial charge is 0.320 e. The summed E-state index contributed by atoms with van der Waals surface area (Å²) in [5.41, 5.74) is 5.02. The summed E-state index contributed by atoms with van der Waals surface area (Å²) in [5.74, 6) is -4.19. The Kier molecular flexibility index (Phi) is 4.25. The van der Waals surface area contributed by atoms with E-state index in [0.717, 1.165) is 13.2 Å². The van der Waals surface area contributed by atoms with Gasteiger partial charge in [-0.15, -0.1) is 0 Å². The van der Waals surface area contributed by atoms with Gasteiger partial charge in [0.15, 0.2) is 11.6 Å². The maximum Gasteiger partial charge on any atom is 0.320 e. The van der Waals surface area contributed by atoms with Gasteiger partial charge in [-0.3, -0.25) is 4.79 Å². The fourth-order valence-electron chi connectivity index (χ4n) is 1.29. The van der Waals surface area contributed by atoms with Crippen LogP contribution in [0.5, 0.6) is 5.75 Å². The monoisotopic (exact) mass is 265 g/mol. The van der Waals surface area contributed by atoms with Gasteiger partial charge in [0, 0.05) is 6.42 Å². The molecule has 0 radical (unpaired) electrons. The molecule has 0 aliphatic rings. The van der Waals surface area contributed by atoms with Crippen LogP contribution in [-0.4, -0.2) is 24.2 Å². The zero-order valence-electron chi connectivity index (χ0n) is 8.84. The van der Waals surface area contributed by atoms with Gasteiger partial charge >= 0.3 is 5.97 Å². The minimum Gasteiger partial charge on any atom is -0.492 e. The molecule has 0 saturated carbocycles. The van der Waals surface area contributed by atoms with E-state index in [1.807, 2.05) is 0 Å². The summed E-state index contributed by atoms with van der Waals surface area (Å²) in [6, 6.07) is -0.227. The van der Waals surface area contributed by atoms with Crippen molar-refractivity contribution < 1.29 is 23.4 Å². The highest BCUT2D eigenvalue weighted by Gasteiger charge is 2.21. The first-order valence-electron chi connectivity index (χ1n) is 4.57. The number of methoxy groups -OCH3 is 1. The number of benzene rings is 1. The molecule has 1 rings (SSSR count). The van der Waals surface area contributed by atoms with Gasteiger partial charge in [0.2, 0.25) is 5.82 Å². The van der Waals surface area contributed by atoms with Crippen molar-refractivity contribution >= 4 is 17.6 Å². The molecular formula is C10H10ClF2NO3. The third-order valence-electron chi connectivity index (χ3n) is 2.15. The summed E-state index contributed by atoms with van der Waals surface area (Å²) in [6.45, 7) is 0. The van der Waals surface area contributed by atoms with Crippen LogP contribution in [0.1, 0.15) is 5.56 Å². The zero-order valence-corrected chi connectivity index (χ0v) is 9.59. The van der Waals surface area contributed by atoms with Gasteiger partial charge in [0.05, 0.1) is 12.1 Å². The van der Waals surface area contributed by atoms with E-state index in [1.54, 1.807) is 0 Å². The van der Waals surface area contributed by atoms with Gasteiger partial charge < -0.3 is 15.6 Å². The van der Waals surface area contributed by atoms with E-state index in [-0.39, 0.29) is 17.0 Å². The lowest BCUT2D eigenvalue weighted by molar-refractivity contribution is -0.138. The lowest BCUT2D eigenvalue weighted by Gasteiger charge is -2.11. The minimum atomic E-state index is -1.33. The summed E-state index contributed by atoms with van der Waals surface area (Å²) >= 11 is 5.65. The molecule has 0 aliphatic carbocycles. The molecule has 7 heteroatoms. The quantitative estimate of drug-likeness (QED) is 0.811. The molecule has 1 aromatic carbocycles. The molecule has 17 heavy (non-hydrogen) atoms. The Morgan fingerprint density at radius 1 is 1.59 bits per heavy atom. The summed E-state index contributed by atoms with van der Waals surface area (Å²) < 4.78 is 31.5. The van der Waals surface area contributed by atoms with Crippen molar-refractivity contribution in [2.24, 2.45) is 5.73 Å². The van der Waals surface area contributed by atoms with Crippen LogP contribution in [0.15, 0.2) is 6.07 Å². The highest BCUT2D eigenvalue weighted by atomic mass is 35.5. The number of rotatable bonds is 4. The van der Waals surface area contributed by atoms with Crippen LogP contribution in [0.2, 0.25) is 5.02 Å². The van der Waals surface area contributed by atoms with Gasteiger partial charge in [-0.1, -0.05) is 11.6 Å². The molecule has 1 atom stereocenters. The fourth-order valence-corrected chi connectivity index (χ4v) is 1.58. The molecule has 0 amide bonds. The standard InChI is InChI=1S/C10H10ClF2NO3/c1-17-9-5(11)2-4(7(12)8(9)13)3-6(14)10(15)16/h2,6H,3,14H2,1H3,(H,15,16). The second-order valence-corrected chi connectivity index (χ2v) is 3.73. The second kappa shape index (κ2) is 5.29. The zero-order chi connectivity index (χ0) is 13.2. The number of carboxylic acid groups (broad SMARTS) is 1. The van der Waals surface area contributed by atoms with E-state index >= 15 is 0 Å². The Labute approximate surface area is 101 Å². The summed E-state index contributed by atoms with van der Waals surface area (Å²) in [6.07, 6.45) is -0.359. The normalized spacial score (nSPS) is 12.3. The first-order chi connectivity index (χ1) is 7.88. The van der Waals surface area contributed by atoms with Crippen molar-refractivity contribution in [1.82, 2.24) is 0 Å². The molecule has 3 N–H and O–H groups in total. The topological polar surface area (TPSA) is 72.5 Å². The van der Waals surface area contributed by atoms with Gasteiger partial charge in [-0.05, 0) is 11.6 Å². The van der Waals surface area contributed by atoms with E-state index < -0.39 is 29.4 Å². The van der Waals surface area contributed by atoms with Gasteiger partial charge in [-0.2, -0.15) is 4.39 Å². The number of hydrogen-bond acceptors (Lipinski definition) is 3. The van der Waals surface area contributed by atoms with Crippen LogP contribution in [0.3, 0.4) is 0 Å². The number of carbonyl (C=O) groups is 1. The fraction of sp³-hybridized carbons (Fsp3) is 0.300. The Morgan fingerprint density at radius 2 is 2.18 bits per heavy atom. The van der Waals surface area contributed by atoms with Crippen molar-refractivity contribution in [1.29, 1.82) is 0 Å². The number of nitrogens with two attached hydrogens (primary N) is 1. The SMILES string of the molecule is COc1c(Cl)cc(CC(N)C(=O)O)c(F)c1F. The summed E-state index contributed by atoms with van der Waals surface area (Å²) in [7, 11) is 1.15. The third kappa shape index (κ3) is 2.83. The van der Waals surface area contributed by atoms with E-state index in [1.165, 1.54) is 0 Å². The molecule has 0 spiro atoms. The Balaban J connectivity index is 3.15. The molecule has 94 valence electrons. The number of halogens is 3. The molecule has 0 aromatic heterocycles. The Bertz CT molecular complexity index is 454. The highest BCUT2D eigenvalue weighted by Crippen LogP contribution is 2.31. The second-order valence-electron chi connectivity index (χ2n) is 3.33. The Hall–Kier alpha value is -1.40. The first-order valence-corrected chi connectivity index (χ1v) is 4.95. The van der Waals surface area contributed by atoms with E-state index in [9.17, 15) is 13.6 Å². The average molecular weight is 266 g/mol. The van der Waals surface area contributed by atoms with Gasteiger partial charge in [0.1, 0.15) is 6.04 Å². The number of ether oxygens (including phenoxy) is 1. The van der Waals surface area contributed by atoms with E-state index in [0.29, 0.717) is 0 Å². The maximum atomic E-state index is 13.5. The van der Waals surface area contributed by atoms with Crippen LogP contribution in [0.4, 0.5) is 8.78 Å². The summed E-state index contributed by atoms with van der Waals surface area (Å²) in [5, 5.41) is 8.43. The van der Waals surface area contributed by atoms with Crippen molar-refractivity contribution in [3.63, 3.8) is 0 Å². The van der Waals surface area contributed by atoms with Crippen molar-refractivity contribution in [3.8, 4) is 5.75 Å². The van der Waals surface area contributed by atoms with Gasteiger partial charge in [-0.25, -0.2) is 4.39 Å². The largest absolute Gasteiger partial charge is 0.492 e. The van der Waals surface area contributed by atoms with Crippen LogP contribution < -0.4 is 10.5 Å². The average Bonchev–Trinajstić information content (AvgIpc) is 2.26. The van der Waals surface area contributed by atoms with Crippen molar-refractivity contribution in [3.05, 3.63) is 28.3 Å². The predicted molar refractivity (Wildman–Crippen MR) is 57.2 cm³/mol. The summed E-state index contributed by atoms with van der Waals surface area (Å²) in [4.78, 5) is 10.5. The minimum absolute atomic E-state index is 0.140.